The van der Waals surface area contributed by atoms with E-state index in [4.69, 9.17) is 18.9 Å². The van der Waals surface area contributed by atoms with E-state index in [0.717, 1.165) is 12.8 Å². The number of aliphatic hydroxyl groups is 1. The van der Waals surface area contributed by atoms with Crippen LogP contribution in [0.1, 0.15) is 36.9 Å². The standard InChI is InChI=1S/C26H29NO7/c1-4-33-18-8-5-7-16(13-18)23-22(24(28)20-11-10-17(31-2)14-21(20)32-3)25(29)26(30)27(23)15-19-9-6-12-34-19/h5,7-8,10-11,13-14,19,23,28H,4,6,9,12,15H2,1-3H3/b24-22-. The molecule has 2 atom stereocenters. The van der Waals surface area contributed by atoms with E-state index in [-0.39, 0.29) is 24.0 Å². The Bertz CT molecular complexity index is 1100. The van der Waals surface area contributed by atoms with E-state index < -0.39 is 17.7 Å². The Morgan fingerprint density at radius 3 is 2.62 bits per heavy atom. The minimum atomic E-state index is -0.795. The maximum Gasteiger partial charge on any atom is 0.295 e. The Labute approximate surface area is 198 Å². The van der Waals surface area contributed by atoms with Crippen molar-refractivity contribution in [3.8, 4) is 17.2 Å². The third-order valence-electron chi connectivity index (χ3n) is 6.11. The van der Waals surface area contributed by atoms with E-state index in [1.54, 1.807) is 30.3 Å². The lowest BCUT2D eigenvalue weighted by Gasteiger charge is -2.27. The third-order valence-corrected chi connectivity index (χ3v) is 6.11. The molecule has 0 radical (unpaired) electrons. The van der Waals surface area contributed by atoms with Crippen molar-refractivity contribution in [2.75, 3.05) is 34.0 Å². The Kier molecular flexibility index (Phi) is 7.07. The molecular weight excluding hydrogens is 438 g/mol. The zero-order chi connectivity index (χ0) is 24.2. The predicted octanol–water partition coefficient (Wildman–Crippen LogP) is 3.70. The number of benzene rings is 2. The van der Waals surface area contributed by atoms with E-state index in [0.29, 0.717) is 41.6 Å². The number of hydrogen-bond donors (Lipinski definition) is 1. The highest BCUT2D eigenvalue weighted by Gasteiger charge is 2.47. The van der Waals surface area contributed by atoms with Gasteiger partial charge < -0.3 is 29.0 Å². The van der Waals surface area contributed by atoms with Crippen LogP contribution in [0.15, 0.2) is 48.0 Å². The Balaban J connectivity index is 1.86. The lowest BCUT2D eigenvalue weighted by atomic mass is 9.94. The first-order valence-corrected chi connectivity index (χ1v) is 11.3. The minimum Gasteiger partial charge on any atom is -0.507 e. The van der Waals surface area contributed by atoms with Crippen LogP contribution in [0.4, 0.5) is 0 Å². The normalized spacial score (nSPS) is 21.7. The number of ketones is 1. The molecule has 8 heteroatoms. The first-order valence-electron chi connectivity index (χ1n) is 11.3. The molecule has 2 unspecified atom stereocenters. The molecule has 4 rings (SSSR count). The molecule has 2 aromatic carbocycles. The number of aliphatic hydroxyl groups excluding tert-OH is 1. The fraction of sp³-hybridized carbons (Fsp3) is 0.385. The first-order chi connectivity index (χ1) is 16.5. The summed E-state index contributed by atoms with van der Waals surface area (Å²) >= 11 is 0. The second-order valence-corrected chi connectivity index (χ2v) is 8.16. The van der Waals surface area contributed by atoms with E-state index >= 15 is 0 Å². The number of carbonyl (C=O) groups excluding carboxylic acids is 2. The van der Waals surface area contributed by atoms with Gasteiger partial charge in [-0.05, 0) is 49.6 Å². The number of methoxy groups -OCH3 is 2. The van der Waals surface area contributed by atoms with Gasteiger partial charge in [-0.15, -0.1) is 0 Å². The monoisotopic (exact) mass is 467 g/mol. The molecular formula is C26H29NO7. The van der Waals surface area contributed by atoms with Gasteiger partial charge in [-0.1, -0.05) is 12.1 Å². The van der Waals surface area contributed by atoms with E-state index in [1.807, 2.05) is 19.1 Å². The Morgan fingerprint density at radius 2 is 1.94 bits per heavy atom. The van der Waals surface area contributed by atoms with Gasteiger partial charge in [-0.2, -0.15) is 0 Å². The summed E-state index contributed by atoms with van der Waals surface area (Å²) in [5.74, 6) is -0.252. The average Bonchev–Trinajstić information content (AvgIpc) is 3.46. The van der Waals surface area contributed by atoms with Gasteiger partial charge in [0.15, 0.2) is 0 Å². The molecule has 0 saturated carbocycles. The van der Waals surface area contributed by atoms with Crippen LogP contribution in [0.5, 0.6) is 17.2 Å². The average molecular weight is 468 g/mol. The summed E-state index contributed by atoms with van der Waals surface area (Å²) in [6.07, 6.45) is 1.55. The molecule has 2 saturated heterocycles. The fourth-order valence-electron chi connectivity index (χ4n) is 4.50. The maximum atomic E-state index is 13.3. The fourth-order valence-corrected chi connectivity index (χ4v) is 4.50. The summed E-state index contributed by atoms with van der Waals surface area (Å²) in [6, 6.07) is 11.3. The predicted molar refractivity (Wildman–Crippen MR) is 125 cm³/mol. The molecule has 1 N–H and O–H groups in total. The second-order valence-electron chi connectivity index (χ2n) is 8.16. The molecule has 0 aliphatic carbocycles. The van der Waals surface area contributed by atoms with Crippen molar-refractivity contribution in [1.82, 2.24) is 4.90 Å². The van der Waals surface area contributed by atoms with E-state index in [9.17, 15) is 14.7 Å². The van der Waals surface area contributed by atoms with Crippen molar-refractivity contribution in [3.05, 3.63) is 59.2 Å². The van der Waals surface area contributed by atoms with E-state index in [2.05, 4.69) is 0 Å². The number of likely N-dealkylation sites (tertiary alicyclic amines) is 1. The molecule has 2 heterocycles. The number of rotatable bonds is 8. The molecule has 2 aromatic rings. The summed E-state index contributed by atoms with van der Waals surface area (Å²) < 4.78 is 22.1. The summed E-state index contributed by atoms with van der Waals surface area (Å²) in [5, 5.41) is 11.4. The van der Waals surface area contributed by atoms with Gasteiger partial charge in [0.05, 0.1) is 44.1 Å². The van der Waals surface area contributed by atoms with Crippen LogP contribution >= 0.6 is 0 Å². The van der Waals surface area contributed by atoms with Gasteiger partial charge in [-0.25, -0.2) is 0 Å². The summed E-state index contributed by atoms with van der Waals surface area (Å²) in [7, 11) is 2.99. The topological polar surface area (TPSA) is 94.5 Å². The molecule has 2 aliphatic heterocycles. The largest absolute Gasteiger partial charge is 0.507 e. The van der Waals surface area contributed by atoms with Crippen molar-refractivity contribution < 1.29 is 33.6 Å². The van der Waals surface area contributed by atoms with Crippen molar-refractivity contribution in [1.29, 1.82) is 0 Å². The highest BCUT2D eigenvalue weighted by Crippen LogP contribution is 2.42. The van der Waals surface area contributed by atoms with Crippen LogP contribution in [0.25, 0.3) is 5.76 Å². The molecule has 2 fully saturated rings. The molecule has 1 amide bonds. The van der Waals surface area contributed by atoms with Crippen LogP contribution in [-0.2, 0) is 14.3 Å². The highest BCUT2D eigenvalue weighted by molar-refractivity contribution is 6.46. The van der Waals surface area contributed by atoms with Gasteiger partial charge in [0.2, 0.25) is 0 Å². The number of hydrogen-bond acceptors (Lipinski definition) is 7. The van der Waals surface area contributed by atoms with E-state index in [1.165, 1.54) is 19.1 Å². The quantitative estimate of drug-likeness (QED) is 0.359. The van der Waals surface area contributed by atoms with Gasteiger partial charge >= 0.3 is 0 Å². The molecule has 2 aliphatic rings. The number of carbonyl (C=O) groups is 2. The molecule has 180 valence electrons. The van der Waals surface area contributed by atoms with Gasteiger partial charge in [0.1, 0.15) is 23.0 Å². The molecule has 0 bridgehead atoms. The van der Waals surface area contributed by atoms with Crippen LogP contribution in [0.3, 0.4) is 0 Å². The van der Waals surface area contributed by atoms with Crippen LogP contribution in [-0.4, -0.2) is 61.8 Å². The lowest BCUT2D eigenvalue weighted by Crippen LogP contribution is -2.36. The Hall–Kier alpha value is -3.52. The number of nitrogens with zero attached hydrogens (tertiary/aromatic N) is 1. The Morgan fingerprint density at radius 1 is 1.12 bits per heavy atom. The second kappa shape index (κ2) is 10.2. The van der Waals surface area contributed by atoms with Crippen molar-refractivity contribution in [3.63, 3.8) is 0 Å². The van der Waals surface area contributed by atoms with Crippen molar-refractivity contribution in [2.24, 2.45) is 0 Å². The highest BCUT2D eigenvalue weighted by atomic mass is 16.5. The van der Waals surface area contributed by atoms with Gasteiger partial charge in [-0.3, -0.25) is 9.59 Å². The van der Waals surface area contributed by atoms with Crippen LogP contribution in [0.2, 0.25) is 0 Å². The smallest absolute Gasteiger partial charge is 0.295 e. The molecule has 34 heavy (non-hydrogen) atoms. The molecule has 8 nitrogen and oxygen atoms in total. The molecule has 0 spiro atoms. The molecule has 0 aromatic heterocycles. The van der Waals surface area contributed by atoms with Crippen molar-refractivity contribution >= 4 is 17.4 Å². The van der Waals surface area contributed by atoms with Crippen molar-refractivity contribution in [2.45, 2.75) is 31.9 Å². The van der Waals surface area contributed by atoms with Gasteiger partial charge in [0.25, 0.3) is 11.7 Å². The number of ether oxygens (including phenoxy) is 4. The SMILES string of the molecule is CCOc1cccc(C2/C(=C(/O)c3ccc(OC)cc3OC)C(=O)C(=O)N2CC2CCCO2)c1. The van der Waals surface area contributed by atoms with Gasteiger partial charge in [0, 0.05) is 19.2 Å². The zero-order valence-corrected chi connectivity index (χ0v) is 19.6. The zero-order valence-electron chi connectivity index (χ0n) is 19.6. The summed E-state index contributed by atoms with van der Waals surface area (Å²) in [6.45, 7) is 3.24. The summed E-state index contributed by atoms with van der Waals surface area (Å²) in [4.78, 5) is 27.9. The summed E-state index contributed by atoms with van der Waals surface area (Å²) in [5.41, 5.74) is 0.960. The van der Waals surface area contributed by atoms with Crippen LogP contribution < -0.4 is 14.2 Å². The number of Topliss-reactive ketones (excluding diaryl/α,β-unsaturated/α-hetero) is 1. The third kappa shape index (κ3) is 4.46. The first kappa shape index (κ1) is 23.6. The number of amides is 1. The minimum absolute atomic E-state index is 0.000104. The lowest BCUT2D eigenvalue weighted by molar-refractivity contribution is -0.140. The van der Waals surface area contributed by atoms with Crippen LogP contribution in [0, 0.1) is 0 Å². The maximum absolute atomic E-state index is 13.3.